The number of rotatable bonds is 6. The van der Waals surface area contributed by atoms with Gasteiger partial charge in [-0.25, -0.2) is 0 Å². The maximum Gasteiger partial charge on any atom is 0.267 e. The van der Waals surface area contributed by atoms with Crippen LogP contribution in [0, 0.1) is 0 Å². The Morgan fingerprint density at radius 3 is 2.83 bits per heavy atom. The van der Waals surface area contributed by atoms with Crippen molar-refractivity contribution in [2.75, 3.05) is 32.7 Å². The van der Waals surface area contributed by atoms with Gasteiger partial charge in [-0.15, -0.1) is 16.4 Å². The zero-order valence-corrected chi connectivity index (χ0v) is 15.4. The largest absolute Gasteiger partial charge is 0.386 e. The standard InChI is InChI=1S/C16H22N4O2S2/c1-2-4-12-15(24-18-17-12)16(22)20-8-6-19(7-9-20)11-13(21)14-5-3-10-23-14/h3,5,10,13,21H,2,4,6-9,11H2,1H3. The van der Waals surface area contributed by atoms with E-state index in [2.05, 4.69) is 21.4 Å². The minimum Gasteiger partial charge on any atom is -0.386 e. The van der Waals surface area contributed by atoms with Crippen LogP contribution in [-0.4, -0.2) is 63.1 Å². The van der Waals surface area contributed by atoms with E-state index in [1.54, 1.807) is 11.3 Å². The van der Waals surface area contributed by atoms with Crippen LogP contribution in [0.2, 0.25) is 0 Å². The summed E-state index contributed by atoms with van der Waals surface area (Å²) < 4.78 is 3.94. The maximum atomic E-state index is 12.7. The molecule has 8 heteroatoms. The summed E-state index contributed by atoms with van der Waals surface area (Å²) in [5, 5.41) is 16.3. The molecule has 0 spiro atoms. The molecule has 1 atom stereocenters. The van der Waals surface area contributed by atoms with Crippen LogP contribution in [0.3, 0.4) is 0 Å². The van der Waals surface area contributed by atoms with E-state index in [-0.39, 0.29) is 5.91 Å². The molecule has 1 fully saturated rings. The molecule has 1 saturated heterocycles. The number of aryl methyl sites for hydroxylation is 1. The predicted molar refractivity (Wildman–Crippen MR) is 95.5 cm³/mol. The molecule has 24 heavy (non-hydrogen) atoms. The van der Waals surface area contributed by atoms with Crippen LogP contribution in [0.1, 0.15) is 39.7 Å². The van der Waals surface area contributed by atoms with Crippen LogP contribution in [0.5, 0.6) is 0 Å². The molecule has 3 heterocycles. The predicted octanol–water partition coefficient (Wildman–Crippen LogP) is 2.04. The molecule has 6 nitrogen and oxygen atoms in total. The van der Waals surface area contributed by atoms with Crippen molar-refractivity contribution in [1.82, 2.24) is 19.4 Å². The van der Waals surface area contributed by atoms with Crippen LogP contribution in [0.4, 0.5) is 0 Å². The summed E-state index contributed by atoms with van der Waals surface area (Å²) in [7, 11) is 0. The average molecular weight is 367 g/mol. The normalized spacial score (nSPS) is 17.2. The fourth-order valence-electron chi connectivity index (χ4n) is 2.86. The van der Waals surface area contributed by atoms with Gasteiger partial charge in [0.05, 0.1) is 5.69 Å². The van der Waals surface area contributed by atoms with Crippen LogP contribution in [-0.2, 0) is 6.42 Å². The Hall–Kier alpha value is -1.35. The van der Waals surface area contributed by atoms with E-state index < -0.39 is 6.10 Å². The molecule has 1 amide bonds. The maximum absolute atomic E-state index is 12.7. The Labute approximate surface area is 149 Å². The number of hydrogen-bond acceptors (Lipinski definition) is 7. The van der Waals surface area contributed by atoms with Crippen molar-refractivity contribution in [2.24, 2.45) is 0 Å². The summed E-state index contributed by atoms with van der Waals surface area (Å²) in [6.07, 6.45) is 1.30. The highest BCUT2D eigenvalue weighted by molar-refractivity contribution is 7.10. The number of aromatic nitrogens is 2. The Morgan fingerprint density at radius 1 is 1.38 bits per heavy atom. The molecular formula is C16H22N4O2S2. The van der Waals surface area contributed by atoms with Crippen LogP contribution < -0.4 is 0 Å². The highest BCUT2D eigenvalue weighted by atomic mass is 32.1. The van der Waals surface area contributed by atoms with Gasteiger partial charge in [-0.1, -0.05) is 23.9 Å². The first-order valence-corrected chi connectivity index (χ1v) is 9.88. The number of aliphatic hydroxyl groups is 1. The molecular weight excluding hydrogens is 344 g/mol. The lowest BCUT2D eigenvalue weighted by molar-refractivity contribution is 0.0535. The number of carbonyl (C=O) groups is 1. The number of thiophene rings is 1. The van der Waals surface area contributed by atoms with E-state index in [4.69, 9.17) is 0 Å². The average Bonchev–Trinajstić information content (AvgIpc) is 3.27. The minimum atomic E-state index is -0.450. The van der Waals surface area contributed by atoms with Crippen molar-refractivity contribution < 1.29 is 9.90 Å². The van der Waals surface area contributed by atoms with Gasteiger partial charge in [0.1, 0.15) is 11.0 Å². The lowest BCUT2D eigenvalue weighted by atomic mass is 10.2. The van der Waals surface area contributed by atoms with E-state index >= 15 is 0 Å². The molecule has 0 bridgehead atoms. The van der Waals surface area contributed by atoms with Crippen molar-refractivity contribution in [2.45, 2.75) is 25.9 Å². The second kappa shape index (κ2) is 8.15. The molecule has 1 N–H and O–H groups in total. The fourth-order valence-corrected chi connectivity index (χ4v) is 4.24. The van der Waals surface area contributed by atoms with Gasteiger partial charge < -0.3 is 10.0 Å². The molecule has 0 saturated carbocycles. The van der Waals surface area contributed by atoms with Crippen molar-refractivity contribution in [3.05, 3.63) is 33.0 Å². The van der Waals surface area contributed by atoms with Crippen molar-refractivity contribution in [1.29, 1.82) is 0 Å². The monoisotopic (exact) mass is 366 g/mol. The lowest BCUT2D eigenvalue weighted by Crippen LogP contribution is -2.49. The van der Waals surface area contributed by atoms with E-state index in [9.17, 15) is 9.90 Å². The molecule has 3 rings (SSSR count). The topological polar surface area (TPSA) is 69.6 Å². The van der Waals surface area contributed by atoms with E-state index in [1.807, 2.05) is 22.4 Å². The molecule has 1 unspecified atom stereocenters. The third-order valence-corrected chi connectivity index (χ3v) is 5.93. The first-order chi connectivity index (χ1) is 11.7. The van der Waals surface area contributed by atoms with Crippen molar-refractivity contribution >= 4 is 28.8 Å². The quantitative estimate of drug-likeness (QED) is 0.847. The number of β-amino-alcohol motifs (C(OH)–C–C–N with tert-alkyl or cyclic N) is 1. The SMILES string of the molecule is CCCc1nnsc1C(=O)N1CCN(CC(O)c2cccs2)CC1. The summed E-state index contributed by atoms with van der Waals surface area (Å²) in [5.41, 5.74) is 0.822. The second-order valence-electron chi connectivity index (χ2n) is 5.92. The number of carbonyl (C=O) groups excluding carboxylic acids is 1. The Balaban J connectivity index is 1.53. The van der Waals surface area contributed by atoms with Gasteiger partial charge in [-0.2, -0.15) is 0 Å². The number of aliphatic hydroxyl groups excluding tert-OH is 1. The summed E-state index contributed by atoms with van der Waals surface area (Å²) in [6.45, 7) is 5.61. The van der Waals surface area contributed by atoms with Gasteiger partial charge >= 0.3 is 0 Å². The lowest BCUT2D eigenvalue weighted by Gasteiger charge is -2.35. The fraction of sp³-hybridized carbons (Fsp3) is 0.562. The third kappa shape index (κ3) is 4.00. The molecule has 0 radical (unpaired) electrons. The zero-order valence-electron chi connectivity index (χ0n) is 13.7. The van der Waals surface area contributed by atoms with E-state index in [1.165, 1.54) is 11.5 Å². The van der Waals surface area contributed by atoms with Gasteiger partial charge in [-0.05, 0) is 29.4 Å². The number of hydrogen-bond donors (Lipinski definition) is 1. The first kappa shape index (κ1) is 17.5. The Morgan fingerprint density at radius 2 is 2.17 bits per heavy atom. The van der Waals surface area contributed by atoms with Crippen LogP contribution in [0.25, 0.3) is 0 Å². The molecule has 0 aliphatic carbocycles. The summed E-state index contributed by atoms with van der Waals surface area (Å²) >= 11 is 2.77. The highest BCUT2D eigenvalue weighted by Crippen LogP contribution is 2.21. The number of nitrogens with zero attached hydrogens (tertiary/aromatic N) is 4. The third-order valence-electron chi connectivity index (χ3n) is 4.20. The van der Waals surface area contributed by atoms with Gasteiger partial charge in [0.2, 0.25) is 0 Å². The molecule has 1 aliphatic rings. The first-order valence-electron chi connectivity index (χ1n) is 8.23. The zero-order chi connectivity index (χ0) is 16.9. The van der Waals surface area contributed by atoms with Crippen LogP contribution in [0.15, 0.2) is 17.5 Å². The number of amides is 1. The van der Waals surface area contributed by atoms with Crippen molar-refractivity contribution in [3.63, 3.8) is 0 Å². The van der Waals surface area contributed by atoms with Gasteiger partial charge in [0, 0.05) is 37.6 Å². The van der Waals surface area contributed by atoms with Gasteiger partial charge in [-0.3, -0.25) is 9.69 Å². The second-order valence-corrected chi connectivity index (χ2v) is 7.66. The molecule has 1 aliphatic heterocycles. The minimum absolute atomic E-state index is 0.0481. The molecule has 130 valence electrons. The molecule has 0 aromatic carbocycles. The van der Waals surface area contributed by atoms with E-state index in [0.717, 1.165) is 36.5 Å². The Kier molecular flexibility index (Phi) is 5.94. The Bertz CT molecular complexity index is 651. The van der Waals surface area contributed by atoms with Crippen molar-refractivity contribution in [3.8, 4) is 0 Å². The molecule has 2 aromatic rings. The number of piperazine rings is 1. The summed E-state index contributed by atoms with van der Waals surface area (Å²) in [6, 6.07) is 3.91. The van der Waals surface area contributed by atoms with Crippen LogP contribution >= 0.6 is 22.9 Å². The van der Waals surface area contributed by atoms with Gasteiger partial charge in [0.25, 0.3) is 5.91 Å². The van der Waals surface area contributed by atoms with Gasteiger partial charge in [0.15, 0.2) is 0 Å². The summed E-state index contributed by atoms with van der Waals surface area (Å²) in [5.74, 6) is 0.0481. The molecule has 2 aromatic heterocycles. The highest BCUT2D eigenvalue weighted by Gasteiger charge is 2.26. The van der Waals surface area contributed by atoms with E-state index in [0.29, 0.717) is 24.5 Å². The summed E-state index contributed by atoms with van der Waals surface area (Å²) in [4.78, 5) is 18.4. The smallest absolute Gasteiger partial charge is 0.267 e.